The van der Waals surface area contributed by atoms with Gasteiger partial charge in [0.05, 0.1) is 6.17 Å². The Morgan fingerprint density at radius 1 is 1.39 bits per heavy atom. The van der Waals surface area contributed by atoms with Crippen LogP contribution < -0.4 is 11.5 Å². The molecule has 100 valence electrons. The first-order chi connectivity index (χ1) is 8.31. The molecule has 1 aromatic rings. The van der Waals surface area contributed by atoms with E-state index in [1.807, 2.05) is 0 Å². The standard InChI is InChI=1S/C11H16N2O4S/c1-8-3-2-4-9(7-8)18(15,16)17-11(14)6-5-10(12)13/h2-4,7,10H,5-6,12-13H2,1H3. The molecule has 0 aliphatic rings. The van der Waals surface area contributed by atoms with Gasteiger partial charge in [0.1, 0.15) is 4.90 Å². The number of carbonyl (C=O) groups excluding carboxylic acids is 1. The average molecular weight is 272 g/mol. The molecule has 0 amide bonds. The molecular weight excluding hydrogens is 256 g/mol. The van der Waals surface area contributed by atoms with Crippen molar-refractivity contribution in [3.8, 4) is 0 Å². The van der Waals surface area contributed by atoms with Crippen molar-refractivity contribution in [2.75, 3.05) is 0 Å². The van der Waals surface area contributed by atoms with Crippen LogP contribution in [-0.4, -0.2) is 20.6 Å². The van der Waals surface area contributed by atoms with Gasteiger partial charge in [0, 0.05) is 6.42 Å². The second-order valence-corrected chi connectivity index (χ2v) is 5.47. The van der Waals surface area contributed by atoms with Gasteiger partial charge < -0.3 is 15.7 Å². The van der Waals surface area contributed by atoms with Crippen molar-refractivity contribution in [1.29, 1.82) is 0 Å². The Labute approximate surface area is 106 Å². The van der Waals surface area contributed by atoms with E-state index in [9.17, 15) is 13.2 Å². The molecule has 0 saturated heterocycles. The molecule has 6 nitrogen and oxygen atoms in total. The molecule has 0 aromatic heterocycles. The van der Waals surface area contributed by atoms with E-state index in [1.165, 1.54) is 12.1 Å². The van der Waals surface area contributed by atoms with Gasteiger partial charge in [-0.2, -0.15) is 8.42 Å². The number of carbonyl (C=O) groups is 1. The molecule has 0 atom stereocenters. The van der Waals surface area contributed by atoms with E-state index in [4.69, 9.17) is 11.5 Å². The van der Waals surface area contributed by atoms with E-state index in [0.29, 0.717) is 0 Å². The van der Waals surface area contributed by atoms with Crippen LogP contribution in [0, 0.1) is 6.92 Å². The summed E-state index contributed by atoms with van der Waals surface area (Å²) in [4.78, 5) is 11.3. The maximum absolute atomic E-state index is 11.7. The number of hydrogen-bond donors (Lipinski definition) is 2. The monoisotopic (exact) mass is 272 g/mol. The zero-order valence-electron chi connectivity index (χ0n) is 10.00. The maximum atomic E-state index is 11.7. The number of aryl methyl sites for hydroxylation is 1. The zero-order valence-corrected chi connectivity index (χ0v) is 10.8. The average Bonchev–Trinajstić information content (AvgIpc) is 2.26. The molecule has 1 aromatic carbocycles. The van der Waals surface area contributed by atoms with Crippen molar-refractivity contribution in [2.24, 2.45) is 11.5 Å². The molecule has 0 unspecified atom stereocenters. The van der Waals surface area contributed by atoms with Crippen LogP contribution in [0.1, 0.15) is 18.4 Å². The first-order valence-corrected chi connectivity index (χ1v) is 6.77. The summed E-state index contributed by atoms with van der Waals surface area (Å²) in [5, 5.41) is 0. The van der Waals surface area contributed by atoms with Gasteiger partial charge in [-0.1, -0.05) is 12.1 Å². The second-order valence-electron chi connectivity index (χ2n) is 3.93. The lowest BCUT2D eigenvalue weighted by Crippen LogP contribution is -2.31. The van der Waals surface area contributed by atoms with E-state index < -0.39 is 22.3 Å². The van der Waals surface area contributed by atoms with Crippen LogP contribution in [0.4, 0.5) is 0 Å². The van der Waals surface area contributed by atoms with E-state index >= 15 is 0 Å². The van der Waals surface area contributed by atoms with Crippen LogP contribution in [0.15, 0.2) is 29.2 Å². The van der Waals surface area contributed by atoms with Gasteiger partial charge in [0.15, 0.2) is 0 Å². The Bertz CT molecular complexity index is 526. The highest BCUT2D eigenvalue weighted by Crippen LogP contribution is 2.14. The summed E-state index contributed by atoms with van der Waals surface area (Å²) in [6, 6.07) is 6.11. The van der Waals surface area contributed by atoms with E-state index in [2.05, 4.69) is 4.18 Å². The molecule has 0 saturated carbocycles. The van der Waals surface area contributed by atoms with Crippen molar-refractivity contribution in [3.05, 3.63) is 29.8 Å². The summed E-state index contributed by atoms with van der Waals surface area (Å²) < 4.78 is 27.9. The molecule has 4 N–H and O–H groups in total. The lowest BCUT2D eigenvalue weighted by molar-refractivity contribution is -0.134. The Balaban J connectivity index is 2.74. The molecule has 0 aliphatic heterocycles. The van der Waals surface area contributed by atoms with Gasteiger partial charge in [0.2, 0.25) is 0 Å². The number of benzene rings is 1. The third-order valence-corrected chi connectivity index (χ3v) is 3.40. The number of nitrogens with two attached hydrogens (primary N) is 2. The summed E-state index contributed by atoms with van der Waals surface area (Å²) in [6.45, 7) is 1.74. The summed E-state index contributed by atoms with van der Waals surface area (Å²) >= 11 is 0. The molecule has 0 radical (unpaired) electrons. The number of rotatable bonds is 5. The third-order valence-electron chi connectivity index (χ3n) is 2.16. The highest BCUT2D eigenvalue weighted by molar-refractivity contribution is 7.87. The lowest BCUT2D eigenvalue weighted by Gasteiger charge is -2.07. The summed E-state index contributed by atoms with van der Waals surface area (Å²) in [6.07, 6.45) is -0.635. The topological polar surface area (TPSA) is 112 Å². The van der Waals surface area contributed by atoms with Crippen LogP contribution in [0.25, 0.3) is 0 Å². The first kappa shape index (κ1) is 14.6. The third kappa shape index (κ3) is 4.44. The van der Waals surface area contributed by atoms with Crippen LogP contribution in [-0.2, 0) is 19.1 Å². The van der Waals surface area contributed by atoms with Crippen molar-refractivity contribution in [1.82, 2.24) is 0 Å². The fraction of sp³-hybridized carbons (Fsp3) is 0.364. The molecule has 18 heavy (non-hydrogen) atoms. The first-order valence-electron chi connectivity index (χ1n) is 5.36. The van der Waals surface area contributed by atoms with Crippen LogP contribution in [0.3, 0.4) is 0 Å². The highest BCUT2D eigenvalue weighted by Gasteiger charge is 2.20. The van der Waals surface area contributed by atoms with Crippen molar-refractivity contribution < 1.29 is 17.4 Å². The molecule has 7 heteroatoms. The molecule has 1 rings (SSSR count). The van der Waals surface area contributed by atoms with Crippen LogP contribution in [0.2, 0.25) is 0 Å². The molecule has 0 bridgehead atoms. The van der Waals surface area contributed by atoms with Crippen LogP contribution >= 0.6 is 0 Å². The van der Waals surface area contributed by atoms with Gasteiger partial charge in [-0.3, -0.25) is 4.79 Å². The Hall–Kier alpha value is -1.44. The zero-order chi connectivity index (χ0) is 13.8. The smallest absolute Gasteiger partial charge is 0.341 e. The van der Waals surface area contributed by atoms with Gasteiger partial charge in [0.25, 0.3) is 0 Å². The Morgan fingerprint density at radius 2 is 2.06 bits per heavy atom. The minimum Gasteiger partial charge on any atom is -0.342 e. The molecule has 0 aliphatic carbocycles. The minimum absolute atomic E-state index is 0.0482. The molecule has 0 spiro atoms. The van der Waals surface area contributed by atoms with E-state index in [-0.39, 0.29) is 17.7 Å². The molecular formula is C11H16N2O4S. The Morgan fingerprint density at radius 3 is 2.61 bits per heavy atom. The van der Waals surface area contributed by atoms with Crippen LogP contribution in [0.5, 0.6) is 0 Å². The fourth-order valence-corrected chi connectivity index (χ4v) is 2.27. The second kappa shape index (κ2) is 5.94. The van der Waals surface area contributed by atoms with Gasteiger partial charge in [-0.25, -0.2) is 0 Å². The molecule has 0 fully saturated rings. The lowest BCUT2D eigenvalue weighted by atomic mass is 10.2. The summed E-state index contributed by atoms with van der Waals surface area (Å²) in [5.41, 5.74) is 11.3. The van der Waals surface area contributed by atoms with Gasteiger partial charge in [-0.15, -0.1) is 0 Å². The normalized spacial score (nSPS) is 11.6. The minimum atomic E-state index is -4.06. The van der Waals surface area contributed by atoms with Gasteiger partial charge >= 0.3 is 16.1 Å². The predicted octanol–water partition coefficient (Wildman–Crippen LogP) is 0.251. The predicted molar refractivity (Wildman–Crippen MR) is 65.9 cm³/mol. The van der Waals surface area contributed by atoms with Gasteiger partial charge in [-0.05, 0) is 31.0 Å². The van der Waals surface area contributed by atoms with Crippen molar-refractivity contribution in [3.63, 3.8) is 0 Å². The summed E-state index contributed by atoms with van der Waals surface area (Å²) in [7, 11) is -4.06. The Kier molecular flexibility index (Phi) is 4.83. The highest BCUT2D eigenvalue weighted by atomic mass is 32.2. The molecule has 0 heterocycles. The SMILES string of the molecule is Cc1cccc(S(=O)(=O)OC(=O)CCC(N)N)c1. The van der Waals surface area contributed by atoms with E-state index in [1.54, 1.807) is 19.1 Å². The van der Waals surface area contributed by atoms with Crippen molar-refractivity contribution in [2.45, 2.75) is 30.8 Å². The quantitative estimate of drug-likeness (QED) is 0.587. The van der Waals surface area contributed by atoms with E-state index in [0.717, 1.165) is 5.56 Å². The summed E-state index contributed by atoms with van der Waals surface area (Å²) in [5.74, 6) is -0.864. The van der Waals surface area contributed by atoms with Crippen molar-refractivity contribution >= 4 is 16.1 Å². The largest absolute Gasteiger partial charge is 0.342 e. The number of hydrogen-bond acceptors (Lipinski definition) is 6. The fourth-order valence-electron chi connectivity index (χ4n) is 1.27. The maximum Gasteiger partial charge on any atom is 0.341 e.